The largest absolute Gasteiger partial charge is 0.486 e. The number of halogens is 2. The van der Waals surface area contributed by atoms with Crippen molar-refractivity contribution in [2.75, 3.05) is 13.2 Å². The number of alkyl halides is 1. The SMILES string of the molecule is Fc1ccc(C(Cl)c2ccc3c(c2)OCCO3)cc1. The summed E-state index contributed by atoms with van der Waals surface area (Å²) in [6, 6.07) is 11.8. The van der Waals surface area contributed by atoms with Gasteiger partial charge in [0.05, 0.1) is 5.38 Å². The summed E-state index contributed by atoms with van der Waals surface area (Å²) >= 11 is 6.41. The monoisotopic (exact) mass is 278 g/mol. The summed E-state index contributed by atoms with van der Waals surface area (Å²) in [5, 5.41) is -0.337. The smallest absolute Gasteiger partial charge is 0.161 e. The van der Waals surface area contributed by atoms with E-state index >= 15 is 0 Å². The molecule has 1 atom stereocenters. The van der Waals surface area contributed by atoms with Crippen LogP contribution in [0.2, 0.25) is 0 Å². The van der Waals surface area contributed by atoms with E-state index in [0.29, 0.717) is 19.0 Å². The Bertz CT molecular complexity index is 583. The average Bonchev–Trinajstić information content (AvgIpc) is 2.47. The highest BCUT2D eigenvalue weighted by Gasteiger charge is 2.16. The zero-order chi connectivity index (χ0) is 13.2. The number of ether oxygens (including phenoxy) is 2. The van der Waals surface area contributed by atoms with Gasteiger partial charge in [-0.15, -0.1) is 11.6 Å². The van der Waals surface area contributed by atoms with E-state index in [4.69, 9.17) is 21.1 Å². The molecule has 1 aliphatic heterocycles. The molecule has 0 radical (unpaired) electrons. The van der Waals surface area contributed by atoms with E-state index in [1.54, 1.807) is 12.1 Å². The molecule has 0 fully saturated rings. The number of fused-ring (bicyclic) bond motifs is 1. The van der Waals surface area contributed by atoms with Crippen LogP contribution in [0.4, 0.5) is 4.39 Å². The van der Waals surface area contributed by atoms with Crippen molar-refractivity contribution in [1.82, 2.24) is 0 Å². The lowest BCUT2D eigenvalue weighted by atomic mass is 10.0. The predicted octanol–water partition coefficient (Wildman–Crippen LogP) is 3.93. The van der Waals surface area contributed by atoms with E-state index < -0.39 is 0 Å². The molecular weight excluding hydrogens is 267 g/mol. The molecule has 0 aliphatic carbocycles. The first-order valence-electron chi connectivity index (χ1n) is 6.03. The van der Waals surface area contributed by atoms with Crippen LogP contribution in [0.5, 0.6) is 11.5 Å². The van der Waals surface area contributed by atoms with E-state index in [9.17, 15) is 4.39 Å². The molecule has 3 rings (SSSR count). The molecule has 2 aromatic carbocycles. The fourth-order valence-corrected chi connectivity index (χ4v) is 2.32. The number of benzene rings is 2. The quantitative estimate of drug-likeness (QED) is 0.775. The molecule has 0 spiro atoms. The Hall–Kier alpha value is -1.74. The fraction of sp³-hybridized carbons (Fsp3) is 0.200. The van der Waals surface area contributed by atoms with Gasteiger partial charge in [-0.3, -0.25) is 0 Å². The molecule has 1 unspecified atom stereocenters. The van der Waals surface area contributed by atoms with Crippen LogP contribution >= 0.6 is 11.6 Å². The van der Waals surface area contributed by atoms with Crippen LogP contribution in [0.1, 0.15) is 16.5 Å². The van der Waals surface area contributed by atoms with Gasteiger partial charge in [0.2, 0.25) is 0 Å². The molecule has 2 aromatic rings. The molecule has 0 aromatic heterocycles. The normalized spacial score (nSPS) is 15.1. The van der Waals surface area contributed by atoms with Crippen LogP contribution in [0.15, 0.2) is 42.5 Å². The fourth-order valence-electron chi connectivity index (χ4n) is 2.04. The topological polar surface area (TPSA) is 18.5 Å². The van der Waals surface area contributed by atoms with Crippen molar-refractivity contribution in [2.45, 2.75) is 5.38 Å². The van der Waals surface area contributed by atoms with Gasteiger partial charge in [0.15, 0.2) is 11.5 Å². The summed E-state index contributed by atoms with van der Waals surface area (Å²) in [6.45, 7) is 1.11. The van der Waals surface area contributed by atoms with Gasteiger partial charge in [-0.2, -0.15) is 0 Å². The van der Waals surface area contributed by atoms with E-state index in [1.165, 1.54) is 12.1 Å². The summed E-state index contributed by atoms with van der Waals surface area (Å²) in [5.41, 5.74) is 1.75. The Kier molecular flexibility index (Phi) is 3.30. The van der Waals surface area contributed by atoms with Crippen molar-refractivity contribution in [3.63, 3.8) is 0 Å². The minimum Gasteiger partial charge on any atom is -0.486 e. The van der Waals surface area contributed by atoms with Crippen LogP contribution in [-0.4, -0.2) is 13.2 Å². The molecule has 0 amide bonds. The Labute approximate surface area is 115 Å². The molecule has 1 aliphatic rings. The van der Waals surface area contributed by atoms with Crippen molar-refractivity contribution in [3.05, 3.63) is 59.4 Å². The maximum absolute atomic E-state index is 12.9. The van der Waals surface area contributed by atoms with Gasteiger partial charge in [0, 0.05) is 0 Å². The van der Waals surface area contributed by atoms with Gasteiger partial charge >= 0.3 is 0 Å². The van der Waals surface area contributed by atoms with Gasteiger partial charge in [-0.1, -0.05) is 18.2 Å². The lowest BCUT2D eigenvalue weighted by Gasteiger charge is -2.20. The second kappa shape index (κ2) is 5.10. The van der Waals surface area contributed by atoms with Gasteiger partial charge in [0.25, 0.3) is 0 Å². The van der Waals surface area contributed by atoms with Crippen molar-refractivity contribution >= 4 is 11.6 Å². The third kappa shape index (κ3) is 2.51. The van der Waals surface area contributed by atoms with Crippen molar-refractivity contribution in [2.24, 2.45) is 0 Å². The van der Waals surface area contributed by atoms with E-state index in [1.807, 2.05) is 18.2 Å². The van der Waals surface area contributed by atoms with Gasteiger partial charge in [0.1, 0.15) is 19.0 Å². The molecule has 2 nitrogen and oxygen atoms in total. The number of hydrogen-bond donors (Lipinski definition) is 0. The van der Waals surface area contributed by atoms with Gasteiger partial charge < -0.3 is 9.47 Å². The summed E-state index contributed by atoms with van der Waals surface area (Å²) < 4.78 is 23.9. The molecule has 0 saturated heterocycles. The number of rotatable bonds is 2. The van der Waals surface area contributed by atoms with Crippen LogP contribution in [0.25, 0.3) is 0 Å². The molecular formula is C15H12ClFO2. The predicted molar refractivity (Wildman–Crippen MR) is 71.5 cm³/mol. The highest BCUT2D eigenvalue weighted by molar-refractivity contribution is 6.22. The van der Waals surface area contributed by atoms with Crippen LogP contribution in [0, 0.1) is 5.82 Å². The van der Waals surface area contributed by atoms with E-state index in [-0.39, 0.29) is 11.2 Å². The molecule has 4 heteroatoms. The van der Waals surface area contributed by atoms with Crippen LogP contribution < -0.4 is 9.47 Å². The maximum Gasteiger partial charge on any atom is 0.161 e. The second-order valence-electron chi connectivity index (χ2n) is 4.32. The summed E-state index contributed by atoms with van der Waals surface area (Å²) in [5.74, 6) is 1.17. The Morgan fingerprint density at radius 2 is 1.53 bits per heavy atom. The zero-order valence-electron chi connectivity index (χ0n) is 10.1. The summed E-state index contributed by atoms with van der Waals surface area (Å²) in [4.78, 5) is 0. The molecule has 0 N–H and O–H groups in total. The molecule has 1 heterocycles. The lowest BCUT2D eigenvalue weighted by molar-refractivity contribution is 0.171. The molecule has 98 valence electrons. The number of hydrogen-bond acceptors (Lipinski definition) is 2. The third-order valence-electron chi connectivity index (χ3n) is 3.02. The Morgan fingerprint density at radius 1 is 0.895 bits per heavy atom. The van der Waals surface area contributed by atoms with Crippen molar-refractivity contribution < 1.29 is 13.9 Å². The third-order valence-corrected chi connectivity index (χ3v) is 3.53. The highest BCUT2D eigenvalue weighted by Crippen LogP contribution is 2.36. The first kappa shape index (κ1) is 12.3. The molecule has 0 saturated carbocycles. The summed E-state index contributed by atoms with van der Waals surface area (Å²) in [6.07, 6.45) is 0. The highest BCUT2D eigenvalue weighted by atomic mass is 35.5. The Morgan fingerprint density at radius 3 is 2.26 bits per heavy atom. The summed E-state index contributed by atoms with van der Waals surface area (Å²) in [7, 11) is 0. The van der Waals surface area contributed by atoms with Crippen LogP contribution in [0.3, 0.4) is 0 Å². The lowest BCUT2D eigenvalue weighted by Crippen LogP contribution is -2.15. The minimum absolute atomic E-state index is 0.269. The standard InChI is InChI=1S/C15H12ClFO2/c16-15(10-1-4-12(17)5-2-10)11-3-6-13-14(9-11)19-8-7-18-13/h1-6,9,15H,7-8H2. The van der Waals surface area contributed by atoms with Crippen LogP contribution in [-0.2, 0) is 0 Å². The minimum atomic E-state index is -0.337. The van der Waals surface area contributed by atoms with Gasteiger partial charge in [-0.05, 0) is 35.4 Å². The van der Waals surface area contributed by atoms with Gasteiger partial charge in [-0.25, -0.2) is 4.39 Å². The maximum atomic E-state index is 12.9. The molecule has 0 bridgehead atoms. The molecule has 19 heavy (non-hydrogen) atoms. The van der Waals surface area contributed by atoms with E-state index in [0.717, 1.165) is 16.9 Å². The average molecular weight is 279 g/mol. The van der Waals surface area contributed by atoms with E-state index in [2.05, 4.69) is 0 Å². The zero-order valence-corrected chi connectivity index (χ0v) is 10.9. The van der Waals surface area contributed by atoms with Crippen molar-refractivity contribution in [3.8, 4) is 11.5 Å². The Balaban J connectivity index is 1.91. The van der Waals surface area contributed by atoms with Crippen molar-refractivity contribution in [1.29, 1.82) is 0 Å². The second-order valence-corrected chi connectivity index (χ2v) is 4.75. The first-order valence-corrected chi connectivity index (χ1v) is 6.47. The first-order chi connectivity index (χ1) is 9.24.